The molecular weight excluding hydrogens is 444 g/mol. The lowest BCUT2D eigenvalue weighted by atomic mass is 10.1. The number of amides is 1. The molecule has 0 atom stereocenters. The van der Waals surface area contributed by atoms with Gasteiger partial charge in [0.25, 0.3) is 0 Å². The second-order valence-corrected chi connectivity index (χ2v) is 9.59. The van der Waals surface area contributed by atoms with Crippen LogP contribution in [0.5, 0.6) is 17.2 Å². The van der Waals surface area contributed by atoms with Crippen LogP contribution >= 0.6 is 0 Å². The summed E-state index contributed by atoms with van der Waals surface area (Å²) in [4.78, 5) is 12.2. The Balaban J connectivity index is 1.22. The molecule has 0 fully saturated rings. The quantitative estimate of drug-likeness (QED) is 0.457. The SMILES string of the molecule is CS(=O)(=O)N(CCCC(=O)NCCOc1ccc2ccccc2c1)c1ccc2c(c1)OCO2. The second kappa shape index (κ2) is 9.99. The van der Waals surface area contributed by atoms with Crippen LogP contribution < -0.4 is 23.8 Å². The number of nitrogens with zero attached hydrogens (tertiary/aromatic N) is 1. The van der Waals surface area contributed by atoms with Crippen LogP contribution in [0.4, 0.5) is 5.69 Å². The van der Waals surface area contributed by atoms with Crippen molar-refractivity contribution < 1.29 is 27.4 Å². The number of anilines is 1. The van der Waals surface area contributed by atoms with Gasteiger partial charge in [0.15, 0.2) is 11.5 Å². The van der Waals surface area contributed by atoms with E-state index >= 15 is 0 Å². The molecule has 0 saturated carbocycles. The van der Waals surface area contributed by atoms with E-state index < -0.39 is 10.0 Å². The maximum atomic E-state index is 12.3. The third-order valence-electron chi connectivity index (χ3n) is 5.22. The molecule has 0 aliphatic carbocycles. The minimum absolute atomic E-state index is 0.114. The highest BCUT2D eigenvalue weighted by molar-refractivity contribution is 7.92. The largest absolute Gasteiger partial charge is 0.492 e. The molecule has 9 heteroatoms. The van der Waals surface area contributed by atoms with Gasteiger partial charge in [0.1, 0.15) is 12.4 Å². The van der Waals surface area contributed by atoms with E-state index in [2.05, 4.69) is 5.32 Å². The summed E-state index contributed by atoms with van der Waals surface area (Å²) in [7, 11) is -3.52. The van der Waals surface area contributed by atoms with Crippen LogP contribution in [0.15, 0.2) is 60.7 Å². The number of hydrogen-bond donors (Lipinski definition) is 1. The fourth-order valence-corrected chi connectivity index (χ4v) is 4.57. The first-order valence-corrected chi connectivity index (χ1v) is 12.5. The molecule has 1 N–H and O–H groups in total. The van der Waals surface area contributed by atoms with E-state index in [9.17, 15) is 13.2 Å². The van der Waals surface area contributed by atoms with Crippen LogP contribution in [0.25, 0.3) is 10.8 Å². The molecule has 3 aromatic rings. The first kappa shape index (κ1) is 22.7. The normalized spacial score (nSPS) is 12.5. The van der Waals surface area contributed by atoms with E-state index in [1.807, 2.05) is 42.5 Å². The molecule has 174 valence electrons. The maximum Gasteiger partial charge on any atom is 0.232 e. The summed E-state index contributed by atoms with van der Waals surface area (Å²) in [5, 5.41) is 5.04. The van der Waals surface area contributed by atoms with E-state index in [0.717, 1.165) is 22.8 Å². The van der Waals surface area contributed by atoms with Crippen molar-refractivity contribution in [1.82, 2.24) is 5.32 Å². The zero-order valence-electron chi connectivity index (χ0n) is 18.3. The molecule has 1 aliphatic heterocycles. The van der Waals surface area contributed by atoms with Gasteiger partial charge in [-0.1, -0.05) is 30.3 Å². The number of sulfonamides is 1. The third-order valence-corrected chi connectivity index (χ3v) is 6.42. The molecule has 1 aliphatic rings. The number of benzene rings is 3. The summed E-state index contributed by atoms with van der Waals surface area (Å²) >= 11 is 0. The van der Waals surface area contributed by atoms with Gasteiger partial charge < -0.3 is 19.5 Å². The van der Waals surface area contributed by atoms with E-state index in [4.69, 9.17) is 14.2 Å². The predicted molar refractivity (Wildman–Crippen MR) is 126 cm³/mol. The average molecular weight is 471 g/mol. The van der Waals surface area contributed by atoms with Gasteiger partial charge in [-0.2, -0.15) is 0 Å². The number of nitrogens with one attached hydrogen (secondary N) is 1. The predicted octanol–water partition coefficient (Wildman–Crippen LogP) is 3.31. The molecule has 0 unspecified atom stereocenters. The Morgan fingerprint density at radius 2 is 1.82 bits per heavy atom. The lowest BCUT2D eigenvalue weighted by molar-refractivity contribution is -0.121. The molecule has 0 bridgehead atoms. The molecule has 0 saturated heterocycles. The number of carbonyl (C=O) groups excluding carboxylic acids is 1. The molecule has 33 heavy (non-hydrogen) atoms. The van der Waals surface area contributed by atoms with E-state index in [-0.39, 0.29) is 25.7 Å². The Bertz CT molecular complexity index is 1240. The fourth-order valence-electron chi connectivity index (χ4n) is 3.61. The first-order chi connectivity index (χ1) is 15.9. The zero-order valence-corrected chi connectivity index (χ0v) is 19.1. The Labute approximate surface area is 193 Å². The van der Waals surface area contributed by atoms with Gasteiger partial charge in [-0.05, 0) is 41.5 Å². The smallest absolute Gasteiger partial charge is 0.232 e. The lowest BCUT2D eigenvalue weighted by Crippen LogP contribution is -2.32. The van der Waals surface area contributed by atoms with Gasteiger partial charge in [0.2, 0.25) is 22.7 Å². The fraction of sp³-hybridized carbons (Fsp3) is 0.292. The lowest BCUT2D eigenvalue weighted by Gasteiger charge is -2.22. The van der Waals surface area contributed by atoms with E-state index in [0.29, 0.717) is 36.8 Å². The monoisotopic (exact) mass is 470 g/mol. The zero-order chi connectivity index (χ0) is 23.3. The second-order valence-electron chi connectivity index (χ2n) is 7.68. The number of rotatable bonds is 10. The van der Waals surface area contributed by atoms with E-state index in [1.165, 1.54) is 4.31 Å². The van der Waals surface area contributed by atoms with Crippen molar-refractivity contribution in [2.24, 2.45) is 0 Å². The van der Waals surface area contributed by atoms with Gasteiger partial charge in [-0.3, -0.25) is 9.10 Å². The highest BCUT2D eigenvalue weighted by Crippen LogP contribution is 2.36. The Hall–Kier alpha value is -3.46. The Kier molecular flexibility index (Phi) is 6.88. The van der Waals surface area contributed by atoms with Gasteiger partial charge >= 0.3 is 0 Å². The highest BCUT2D eigenvalue weighted by Gasteiger charge is 2.21. The third kappa shape index (κ3) is 5.87. The van der Waals surface area contributed by atoms with Crippen LogP contribution in [0.3, 0.4) is 0 Å². The maximum absolute atomic E-state index is 12.3. The summed E-state index contributed by atoms with van der Waals surface area (Å²) in [6, 6.07) is 18.9. The molecule has 0 radical (unpaired) electrons. The van der Waals surface area contributed by atoms with Crippen LogP contribution in [0, 0.1) is 0 Å². The Morgan fingerprint density at radius 3 is 2.64 bits per heavy atom. The summed E-state index contributed by atoms with van der Waals surface area (Å²) in [5.74, 6) is 1.68. The van der Waals surface area contributed by atoms with Crippen molar-refractivity contribution in [3.8, 4) is 17.2 Å². The Morgan fingerprint density at radius 1 is 1.03 bits per heavy atom. The summed E-state index contributed by atoms with van der Waals surface area (Å²) in [6.07, 6.45) is 1.72. The van der Waals surface area contributed by atoms with Crippen molar-refractivity contribution in [3.63, 3.8) is 0 Å². The van der Waals surface area contributed by atoms with Crippen LogP contribution in [0.1, 0.15) is 12.8 Å². The van der Waals surface area contributed by atoms with Gasteiger partial charge in [0.05, 0.1) is 18.5 Å². The van der Waals surface area contributed by atoms with Crippen molar-refractivity contribution in [3.05, 3.63) is 60.7 Å². The summed E-state index contributed by atoms with van der Waals surface area (Å²) in [6.45, 7) is 1.00. The molecule has 3 aromatic carbocycles. The summed E-state index contributed by atoms with van der Waals surface area (Å²) < 4.78 is 42.1. The van der Waals surface area contributed by atoms with Crippen molar-refractivity contribution in [2.75, 3.05) is 37.1 Å². The number of hydrogen-bond acceptors (Lipinski definition) is 6. The van der Waals surface area contributed by atoms with Gasteiger partial charge in [0, 0.05) is 19.0 Å². The number of fused-ring (bicyclic) bond motifs is 2. The van der Waals surface area contributed by atoms with Gasteiger partial charge in [-0.15, -0.1) is 0 Å². The molecule has 4 rings (SSSR count). The minimum Gasteiger partial charge on any atom is -0.492 e. The highest BCUT2D eigenvalue weighted by atomic mass is 32.2. The van der Waals surface area contributed by atoms with Crippen LogP contribution in [0.2, 0.25) is 0 Å². The van der Waals surface area contributed by atoms with Crippen LogP contribution in [-0.2, 0) is 14.8 Å². The molecule has 0 aromatic heterocycles. The average Bonchev–Trinajstić information content (AvgIpc) is 3.26. The first-order valence-electron chi connectivity index (χ1n) is 10.7. The number of carbonyl (C=O) groups is 1. The van der Waals surface area contributed by atoms with Crippen molar-refractivity contribution in [2.45, 2.75) is 12.8 Å². The van der Waals surface area contributed by atoms with Crippen molar-refractivity contribution in [1.29, 1.82) is 0 Å². The standard InChI is InChI=1S/C24H26N2O6S/c1-33(28,29)26(20-9-11-22-23(16-20)32-17-31-22)13-4-7-24(27)25-12-14-30-21-10-8-18-5-2-3-6-19(18)15-21/h2-3,5-6,8-11,15-16H,4,7,12-14,17H2,1H3,(H,25,27). The van der Waals surface area contributed by atoms with Crippen LogP contribution in [-0.4, -0.2) is 47.1 Å². The summed E-state index contributed by atoms with van der Waals surface area (Å²) in [5.41, 5.74) is 0.478. The van der Waals surface area contributed by atoms with Crippen molar-refractivity contribution >= 4 is 32.4 Å². The van der Waals surface area contributed by atoms with E-state index in [1.54, 1.807) is 18.2 Å². The molecule has 1 amide bonds. The topological polar surface area (TPSA) is 94.2 Å². The van der Waals surface area contributed by atoms with Gasteiger partial charge in [-0.25, -0.2) is 8.42 Å². The molecule has 1 heterocycles. The molecule has 8 nitrogen and oxygen atoms in total. The minimum atomic E-state index is -3.52. The molecular formula is C24H26N2O6S. The molecule has 0 spiro atoms. The number of ether oxygens (including phenoxy) is 3.